The second kappa shape index (κ2) is 5.17. The fourth-order valence-corrected chi connectivity index (χ4v) is 1.66. The molecule has 0 unspecified atom stereocenters. The Kier molecular flexibility index (Phi) is 4.13. The normalized spacial score (nSPS) is 9.94. The number of aryl methyl sites for hydroxylation is 2. The molecule has 0 aliphatic rings. The zero-order valence-corrected chi connectivity index (χ0v) is 10.7. The van der Waals surface area contributed by atoms with E-state index in [1.54, 1.807) is 0 Å². The molecular weight excluding hydrogens is 220 g/mol. The Balaban J connectivity index is 0.00000128. The van der Waals surface area contributed by atoms with Gasteiger partial charge in [0, 0.05) is 6.92 Å². The van der Waals surface area contributed by atoms with Crippen LogP contribution in [0.15, 0.2) is 36.7 Å². The van der Waals surface area contributed by atoms with Crippen LogP contribution < -0.4 is 17.0 Å². The Bertz CT molecular complexity index is 457. The van der Waals surface area contributed by atoms with Crippen molar-refractivity contribution in [3.05, 3.63) is 53.6 Å². The van der Waals surface area contributed by atoms with Crippen molar-refractivity contribution in [2.45, 2.75) is 20.4 Å². The molecule has 2 aromatic rings. The number of nitrogens with zero attached hydrogens (tertiary/aromatic N) is 2. The molecule has 0 atom stereocenters. The molecule has 2 nitrogen and oxygen atoms in total. The lowest BCUT2D eigenvalue weighted by atomic mass is 10.1. The third kappa shape index (κ3) is 2.64. The molecule has 2 rings (SSSR count). The highest BCUT2D eigenvalue weighted by Gasteiger charge is 2.08. The van der Waals surface area contributed by atoms with Gasteiger partial charge in [0.2, 0.25) is 0 Å². The minimum absolute atomic E-state index is 0. The molecule has 16 heavy (non-hydrogen) atoms. The molecule has 1 aromatic heterocycles. The van der Waals surface area contributed by atoms with Crippen LogP contribution in [0.5, 0.6) is 0 Å². The smallest absolute Gasteiger partial charge is 0.253 e. The van der Waals surface area contributed by atoms with Gasteiger partial charge in [-0.15, -0.1) is 0 Å². The third-order valence-corrected chi connectivity index (χ3v) is 2.87. The van der Waals surface area contributed by atoms with Crippen molar-refractivity contribution in [3.8, 4) is 0 Å². The van der Waals surface area contributed by atoms with E-state index in [1.807, 2.05) is 0 Å². The van der Waals surface area contributed by atoms with E-state index >= 15 is 0 Å². The molecule has 0 aliphatic heterocycles. The summed E-state index contributed by atoms with van der Waals surface area (Å²) < 4.78 is 4.39. The van der Waals surface area contributed by atoms with Crippen LogP contribution in [0.2, 0.25) is 0 Å². The predicted octanol–water partition coefficient (Wildman–Crippen LogP) is -1.02. The summed E-state index contributed by atoms with van der Waals surface area (Å²) in [7, 11) is 2.07. The first kappa shape index (κ1) is 12.8. The second-order valence-corrected chi connectivity index (χ2v) is 4.07. The molecule has 3 heteroatoms. The van der Waals surface area contributed by atoms with Crippen molar-refractivity contribution >= 4 is 0 Å². The van der Waals surface area contributed by atoms with Crippen LogP contribution in [0.25, 0.3) is 0 Å². The molecule has 0 N–H and O–H groups in total. The standard InChI is InChI=1S/C13H17N2.ClH/c1-11-4-6-13(7-5-11)10-15-9-8-14(3)12(15)2;/h4-9H,10H2,1-3H3;1H/q+1;/p-1. The van der Waals surface area contributed by atoms with Crippen molar-refractivity contribution in [3.63, 3.8) is 0 Å². The van der Waals surface area contributed by atoms with Gasteiger partial charge in [0.25, 0.3) is 5.82 Å². The van der Waals surface area contributed by atoms with Crippen molar-refractivity contribution in [1.82, 2.24) is 4.57 Å². The summed E-state index contributed by atoms with van der Waals surface area (Å²) in [5.41, 5.74) is 2.66. The summed E-state index contributed by atoms with van der Waals surface area (Å²) in [6.07, 6.45) is 4.21. The van der Waals surface area contributed by atoms with E-state index in [1.165, 1.54) is 17.0 Å². The van der Waals surface area contributed by atoms with Crippen molar-refractivity contribution < 1.29 is 17.0 Å². The van der Waals surface area contributed by atoms with Gasteiger partial charge in [0.15, 0.2) is 0 Å². The minimum atomic E-state index is 0. The summed E-state index contributed by atoms with van der Waals surface area (Å²) in [6, 6.07) is 8.70. The average molecular weight is 237 g/mol. The monoisotopic (exact) mass is 236 g/mol. The quantitative estimate of drug-likeness (QED) is 0.591. The molecule has 0 bridgehead atoms. The van der Waals surface area contributed by atoms with Crippen LogP contribution >= 0.6 is 0 Å². The van der Waals surface area contributed by atoms with E-state index in [-0.39, 0.29) is 12.4 Å². The highest BCUT2D eigenvalue weighted by molar-refractivity contribution is 5.20. The molecule has 0 saturated heterocycles. The van der Waals surface area contributed by atoms with Crippen molar-refractivity contribution in [1.29, 1.82) is 0 Å². The number of imidazole rings is 1. The Morgan fingerprint density at radius 2 is 1.75 bits per heavy atom. The summed E-state index contributed by atoms with van der Waals surface area (Å²) in [4.78, 5) is 0. The minimum Gasteiger partial charge on any atom is -1.00 e. The lowest BCUT2D eigenvalue weighted by Crippen LogP contribution is -3.00. The van der Waals surface area contributed by atoms with E-state index < -0.39 is 0 Å². The van der Waals surface area contributed by atoms with E-state index in [2.05, 4.69) is 66.7 Å². The van der Waals surface area contributed by atoms with Crippen LogP contribution in [-0.2, 0) is 13.6 Å². The zero-order chi connectivity index (χ0) is 10.8. The largest absolute Gasteiger partial charge is 1.00 e. The van der Waals surface area contributed by atoms with Gasteiger partial charge in [-0.3, -0.25) is 0 Å². The van der Waals surface area contributed by atoms with E-state index in [9.17, 15) is 0 Å². The number of hydrogen-bond donors (Lipinski definition) is 0. The molecule has 0 fully saturated rings. The first-order valence-corrected chi connectivity index (χ1v) is 5.24. The highest BCUT2D eigenvalue weighted by atomic mass is 35.5. The van der Waals surface area contributed by atoms with Gasteiger partial charge in [-0.1, -0.05) is 29.8 Å². The highest BCUT2D eigenvalue weighted by Crippen LogP contribution is 2.03. The maximum absolute atomic E-state index is 2.25. The fraction of sp³-hybridized carbons (Fsp3) is 0.308. The van der Waals surface area contributed by atoms with Crippen LogP contribution in [0.1, 0.15) is 17.0 Å². The second-order valence-electron chi connectivity index (χ2n) is 4.07. The molecule has 0 amide bonds. The average Bonchev–Trinajstić information content (AvgIpc) is 2.53. The Labute approximate surface area is 103 Å². The lowest BCUT2D eigenvalue weighted by Gasteiger charge is -2.00. The maximum atomic E-state index is 2.25. The summed E-state index contributed by atoms with van der Waals surface area (Å²) in [5.74, 6) is 1.27. The van der Waals surface area contributed by atoms with Crippen LogP contribution in [0.3, 0.4) is 0 Å². The number of aromatic nitrogens is 2. The van der Waals surface area contributed by atoms with E-state index in [0.717, 1.165) is 6.54 Å². The molecule has 86 valence electrons. The van der Waals surface area contributed by atoms with Crippen molar-refractivity contribution in [2.24, 2.45) is 7.05 Å². The Morgan fingerprint density at radius 1 is 1.12 bits per heavy atom. The van der Waals surface area contributed by atoms with Gasteiger partial charge in [-0.2, -0.15) is 0 Å². The number of benzene rings is 1. The SMILES string of the molecule is Cc1ccc(C[n+]2ccn(C)c2C)cc1.[Cl-]. The Hall–Kier alpha value is -1.28. The molecule has 0 aliphatic carbocycles. The number of halogens is 1. The van der Waals surface area contributed by atoms with E-state index in [0.29, 0.717) is 0 Å². The van der Waals surface area contributed by atoms with Gasteiger partial charge in [-0.25, -0.2) is 9.13 Å². The third-order valence-electron chi connectivity index (χ3n) is 2.87. The van der Waals surface area contributed by atoms with Gasteiger partial charge < -0.3 is 12.4 Å². The number of hydrogen-bond acceptors (Lipinski definition) is 0. The van der Waals surface area contributed by atoms with Crippen molar-refractivity contribution in [2.75, 3.05) is 0 Å². The van der Waals surface area contributed by atoms with Gasteiger partial charge >= 0.3 is 0 Å². The number of rotatable bonds is 2. The van der Waals surface area contributed by atoms with Gasteiger partial charge in [0.1, 0.15) is 18.9 Å². The summed E-state index contributed by atoms with van der Waals surface area (Å²) >= 11 is 0. The topological polar surface area (TPSA) is 8.81 Å². The molecule has 0 spiro atoms. The van der Waals surface area contributed by atoms with Crippen LogP contribution in [0, 0.1) is 13.8 Å². The molecule has 1 aromatic carbocycles. The van der Waals surface area contributed by atoms with Crippen LogP contribution in [-0.4, -0.2) is 4.57 Å². The maximum Gasteiger partial charge on any atom is 0.253 e. The fourth-order valence-electron chi connectivity index (χ4n) is 1.66. The molecular formula is C13H17ClN2. The van der Waals surface area contributed by atoms with E-state index in [4.69, 9.17) is 0 Å². The first-order chi connectivity index (χ1) is 7.16. The summed E-state index contributed by atoms with van der Waals surface area (Å²) in [6.45, 7) is 5.20. The molecule has 0 radical (unpaired) electrons. The zero-order valence-electron chi connectivity index (χ0n) is 9.94. The predicted molar refractivity (Wildman–Crippen MR) is 60.6 cm³/mol. The molecule has 1 heterocycles. The first-order valence-electron chi connectivity index (χ1n) is 5.24. The lowest BCUT2D eigenvalue weighted by molar-refractivity contribution is -0.693. The molecule has 0 saturated carbocycles. The van der Waals surface area contributed by atoms with Gasteiger partial charge in [-0.05, 0) is 12.5 Å². The van der Waals surface area contributed by atoms with Crippen LogP contribution in [0.4, 0.5) is 0 Å². The Morgan fingerprint density at radius 3 is 2.25 bits per heavy atom. The van der Waals surface area contributed by atoms with Gasteiger partial charge in [0.05, 0.1) is 7.05 Å². The summed E-state index contributed by atoms with van der Waals surface area (Å²) in [5, 5.41) is 0.